The maximum absolute atomic E-state index is 11.3. The normalized spacial score (nSPS) is 21.5. The first-order chi connectivity index (χ1) is 12.2. The zero-order valence-corrected chi connectivity index (χ0v) is 13.7. The SMILES string of the molecule is O=C(NO)c1cnc(N2CC3[C@H]2CN3c2ccc3nsnc3c2)nc1. The number of amides is 1. The summed E-state index contributed by atoms with van der Waals surface area (Å²) in [6.07, 6.45) is 2.83. The Kier molecular flexibility index (Phi) is 3.09. The highest BCUT2D eigenvalue weighted by Crippen LogP contribution is 2.39. The third kappa shape index (κ3) is 2.14. The summed E-state index contributed by atoms with van der Waals surface area (Å²) in [5, 5.41) is 8.62. The van der Waals surface area contributed by atoms with Crippen LogP contribution in [0.25, 0.3) is 11.0 Å². The van der Waals surface area contributed by atoms with Crippen LogP contribution in [0.1, 0.15) is 10.4 Å². The zero-order chi connectivity index (χ0) is 17.0. The van der Waals surface area contributed by atoms with Crippen LogP contribution in [-0.2, 0) is 0 Å². The van der Waals surface area contributed by atoms with Crippen molar-refractivity contribution in [3.05, 3.63) is 36.2 Å². The first-order valence-electron chi connectivity index (χ1n) is 7.76. The van der Waals surface area contributed by atoms with Gasteiger partial charge in [0.2, 0.25) is 5.95 Å². The third-order valence-electron chi connectivity index (χ3n) is 4.84. The minimum atomic E-state index is -0.616. The molecule has 2 fully saturated rings. The molecule has 0 bridgehead atoms. The van der Waals surface area contributed by atoms with Crippen molar-refractivity contribution in [2.75, 3.05) is 22.9 Å². The number of carbonyl (C=O) groups excluding carboxylic acids is 1. The van der Waals surface area contributed by atoms with Gasteiger partial charge in [-0.05, 0) is 18.2 Å². The van der Waals surface area contributed by atoms with Gasteiger partial charge in [-0.2, -0.15) is 8.75 Å². The van der Waals surface area contributed by atoms with Gasteiger partial charge in [-0.25, -0.2) is 15.4 Å². The van der Waals surface area contributed by atoms with E-state index in [1.165, 1.54) is 24.1 Å². The Morgan fingerprint density at radius 2 is 1.84 bits per heavy atom. The minimum absolute atomic E-state index is 0.226. The first kappa shape index (κ1) is 14.5. The Labute approximate surface area is 146 Å². The van der Waals surface area contributed by atoms with Crippen molar-refractivity contribution < 1.29 is 10.0 Å². The molecule has 10 heteroatoms. The number of hydrogen-bond donors (Lipinski definition) is 2. The van der Waals surface area contributed by atoms with Crippen LogP contribution in [-0.4, -0.2) is 55.0 Å². The Hall–Kier alpha value is -2.85. The molecule has 1 aromatic carbocycles. The Bertz CT molecular complexity index is 960. The van der Waals surface area contributed by atoms with Crippen molar-refractivity contribution in [3.8, 4) is 0 Å². The molecule has 2 aromatic heterocycles. The molecule has 0 saturated carbocycles. The van der Waals surface area contributed by atoms with Gasteiger partial charge in [0.05, 0.1) is 29.4 Å². The molecule has 1 unspecified atom stereocenters. The summed E-state index contributed by atoms with van der Waals surface area (Å²) in [6.45, 7) is 1.74. The molecule has 4 heterocycles. The molecular weight excluding hydrogens is 342 g/mol. The van der Waals surface area contributed by atoms with Gasteiger partial charge < -0.3 is 9.80 Å². The highest BCUT2D eigenvalue weighted by atomic mass is 32.1. The number of hydrogen-bond acceptors (Lipinski definition) is 9. The number of fused-ring (bicyclic) bond motifs is 2. The fourth-order valence-electron chi connectivity index (χ4n) is 3.38. The van der Waals surface area contributed by atoms with Gasteiger partial charge in [-0.15, -0.1) is 0 Å². The van der Waals surface area contributed by atoms with E-state index in [0.717, 1.165) is 29.8 Å². The van der Waals surface area contributed by atoms with E-state index in [0.29, 0.717) is 18.0 Å². The summed E-state index contributed by atoms with van der Waals surface area (Å²) < 4.78 is 8.53. The number of aromatic nitrogens is 4. The first-order valence-corrected chi connectivity index (χ1v) is 8.50. The highest BCUT2D eigenvalue weighted by molar-refractivity contribution is 7.00. The van der Waals surface area contributed by atoms with Crippen LogP contribution in [0.15, 0.2) is 30.6 Å². The number of nitrogens with zero attached hydrogens (tertiary/aromatic N) is 6. The fourth-order valence-corrected chi connectivity index (χ4v) is 3.90. The van der Waals surface area contributed by atoms with Crippen molar-refractivity contribution in [1.29, 1.82) is 0 Å². The largest absolute Gasteiger partial charge is 0.362 e. The molecule has 3 aromatic rings. The maximum atomic E-state index is 11.3. The molecule has 2 aliphatic heterocycles. The molecule has 126 valence electrons. The van der Waals surface area contributed by atoms with E-state index in [1.54, 1.807) is 5.48 Å². The lowest BCUT2D eigenvalue weighted by molar-refractivity contribution is 0.0705. The molecule has 2 aliphatic rings. The molecule has 2 atom stereocenters. The van der Waals surface area contributed by atoms with E-state index in [9.17, 15) is 4.79 Å². The number of rotatable bonds is 3. The quantitative estimate of drug-likeness (QED) is 0.522. The van der Waals surface area contributed by atoms with Crippen molar-refractivity contribution in [2.45, 2.75) is 12.1 Å². The standard InChI is InChI=1S/C15H13N7O2S/c23-14(18-24)8-4-16-15(17-5-8)22-7-12-13(22)6-21(12)9-1-2-10-11(3-9)20-25-19-10/h1-5,12-13,24H,6-7H2,(H,18,23)/t12?,13-/m1/s1. The van der Waals surface area contributed by atoms with Crippen molar-refractivity contribution >= 4 is 40.3 Å². The maximum Gasteiger partial charge on any atom is 0.277 e. The Morgan fingerprint density at radius 3 is 2.56 bits per heavy atom. The number of carbonyl (C=O) groups is 1. The van der Waals surface area contributed by atoms with Crippen LogP contribution in [0.5, 0.6) is 0 Å². The van der Waals surface area contributed by atoms with Crippen LogP contribution in [0, 0.1) is 0 Å². The lowest BCUT2D eigenvalue weighted by Gasteiger charge is -2.62. The summed E-state index contributed by atoms with van der Waals surface area (Å²) in [5.41, 5.74) is 4.83. The van der Waals surface area contributed by atoms with E-state index >= 15 is 0 Å². The molecular formula is C15H13N7O2S. The van der Waals surface area contributed by atoms with Crippen LogP contribution in [0.2, 0.25) is 0 Å². The van der Waals surface area contributed by atoms with E-state index in [4.69, 9.17) is 5.21 Å². The average Bonchev–Trinajstić information content (AvgIpc) is 3.10. The predicted octanol–water partition coefficient (Wildman–Crippen LogP) is 0.678. The molecule has 1 amide bonds. The van der Waals surface area contributed by atoms with Gasteiger partial charge in [0.15, 0.2) is 0 Å². The molecule has 0 spiro atoms. The topological polar surface area (TPSA) is 107 Å². The zero-order valence-electron chi connectivity index (χ0n) is 12.9. The number of piperazine rings is 1. The lowest BCUT2D eigenvalue weighted by Crippen LogP contribution is -2.79. The second-order valence-electron chi connectivity index (χ2n) is 6.09. The monoisotopic (exact) mass is 355 g/mol. The minimum Gasteiger partial charge on any atom is -0.362 e. The van der Waals surface area contributed by atoms with Crippen molar-refractivity contribution in [1.82, 2.24) is 24.2 Å². The number of anilines is 2. The summed E-state index contributed by atoms with van der Waals surface area (Å²) in [5.74, 6) is -0.00989. The second kappa shape index (κ2) is 5.33. The van der Waals surface area contributed by atoms with Crippen LogP contribution >= 0.6 is 11.7 Å². The van der Waals surface area contributed by atoms with E-state index in [-0.39, 0.29) is 5.56 Å². The molecule has 2 saturated heterocycles. The summed E-state index contributed by atoms with van der Waals surface area (Å²) in [6, 6.07) is 6.99. The van der Waals surface area contributed by atoms with E-state index in [1.807, 2.05) is 6.07 Å². The van der Waals surface area contributed by atoms with Crippen molar-refractivity contribution in [2.24, 2.45) is 0 Å². The van der Waals surface area contributed by atoms with Gasteiger partial charge in [-0.1, -0.05) is 0 Å². The highest BCUT2D eigenvalue weighted by Gasteiger charge is 2.52. The summed E-state index contributed by atoms with van der Waals surface area (Å²) in [7, 11) is 0. The van der Waals surface area contributed by atoms with Gasteiger partial charge >= 0.3 is 0 Å². The van der Waals surface area contributed by atoms with Crippen LogP contribution in [0.3, 0.4) is 0 Å². The van der Waals surface area contributed by atoms with Crippen molar-refractivity contribution in [3.63, 3.8) is 0 Å². The summed E-state index contributed by atoms with van der Waals surface area (Å²) in [4.78, 5) is 24.2. The molecule has 0 aliphatic carbocycles. The molecule has 5 rings (SSSR count). The van der Waals surface area contributed by atoms with E-state index in [2.05, 4.69) is 40.6 Å². The van der Waals surface area contributed by atoms with Gasteiger partial charge in [0, 0.05) is 31.2 Å². The number of benzene rings is 1. The fraction of sp³-hybridized carbons (Fsp3) is 0.267. The lowest BCUT2D eigenvalue weighted by atomic mass is 9.85. The Morgan fingerprint density at radius 1 is 1.12 bits per heavy atom. The number of hydroxylamine groups is 1. The molecule has 9 nitrogen and oxygen atoms in total. The van der Waals surface area contributed by atoms with Gasteiger partial charge in [0.1, 0.15) is 11.0 Å². The third-order valence-corrected chi connectivity index (χ3v) is 5.40. The van der Waals surface area contributed by atoms with Crippen LogP contribution in [0.4, 0.5) is 11.6 Å². The van der Waals surface area contributed by atoms with Crippen LogP contribution < -0.4 is 15.3 Å². The van der Waals surface area contributed by atoms with Gasteiger partial charge in [-0.3, -0.25) is 10.0 Å². The molecule has 0 radical (unpaired) electrons. The Balaban J connectivity index is 1.29. The summed E-state index contributed by atoms with van der Waals surface area (Å²) >= 11 is 1.23. The second-order valence-corrected chi connectivity index (χ2v) is 6.62. The van der Waals surface area contributed by atoms with E-state index < -0.39 is 5.91 Å². The predicted molar refractivity (Wildman–Crippen MR) is 91.0 cm³/mol. The smallest absolute Gasteiger partial charge is 0.277 e. The molecule has 2 N–H and O–H groups in total. The van der Waals surface area contributed by atoms with Gasteiger partial charge in [0.25, 0.3) is 5.91 Å². The molecule has 25 heavy (non-hydrogen) atoms. The number of nitrogens with one attached hydrogen (secondary N) is 1. The average molecular weight is 355 g/mol.